The number of furan rings is 1. The van der Waals surface area contributed by atoms with E-state index in [1.807, 2.05) is 18.7 Å². The fourth-order valence-corrected chi connectivity index (χ4v) is 5.20. The lowest BCUT2D eigenvalue weighted by Gasteiger charge is -2.44. The van der Waals surface area contributed by atoms with Gasteiger partial charge in [0.15, 0.2) is 11.9 Å². The van der Waals surface area contributed by atoms with Crippen LogP contribution in [0.5, 0.6) is 11.5 Å². The van der Waals surface area contributed by atoms with Gasteiger partial charge in [0.05, 0.1) is 25.2 Å². The van der Waals surface area contributed by atoms with Crippen LogP contribution in [0.15, 0.2) is 20.9 Å². The van der Waals surface area contributed by atoms with Crippen molar-refractivity contribution < 1.29 is 23.8 Å². The summed E-state index contributed by atoms with van der Waals surface area (Å²) in [5, 5.41) is 15.2. The molecule has 1 saturated carbocycles. The first-order chi connectivity index (χ1) is 16.1. The maximum absolute atomic E-state index is 10.9. The lowest BCUT2D eigenvalue weighted by Crippen LogP contribution is -2.47. The summed E-state index contributed by atoms with van der Waals surface area (Å²) in [6.45, 7) is 9.16. The average molecular weight is 475 g/mol. The number of carboxylic acids is 1. The van der Waals surface area contributed by atoms with Crippen LogP contribution < -0.4 is 30.7 Å². The van der Waals surface area contributed by atoms with Crippen LogP contribution in [-0.2, 0) is 11.3 Å². The highest BCUT2D eigenvalue weighted by Crippen LogP contribution is 2.53. The van der Waals surface area contributed by atoms with Crippen LogP contribution in [0.2, 0.25) is 0 Å². The van der Waals surface area contributed by atoms with E-state index < -0.39 is 11.8 Å². The van der Waals surface area contributed by atoms with Crippen LogP contribution in [0.25, 0.3) is 0 Å². The van der Waals surface area contributed by atoms with Crippen LogP contribution in [0.4, 0.5) is 5.88 Å². The van der Waals surface area contributed by atoms with Crippen molar-refractivity contribution in [2.45, 2.75) is 84.0 Å². The van der Waals surface area contributed by atoms with Gasteiger partial charge in [0.2, 0.25) is 23.2 Å². The number of anilines is 1. The molecule has 1 atom stereocenters. The van der Waals surface area contributed by atoms with E-state index in [0.29, 0.717) is 54.4 Å². The van der Waals surface area contributed by atoms with Crippen LogP contribution in [0.3, 0.4) is 0 Å². The molecule has 0 unspecified atom stereocenters. The molecule has 0 amide bonds. The number of aliphatic carboxylic acids is 1. The minimum atomic E-state index is -0.797. The number of fused-ring (bicyclic) bond motifs is 2. The summed E-state index contributed by atoms with van der Waals surface area (Å²) in [6.07, 6.45) is 4.24. The topological polar surface area (TPSA) is 138 Å². The van der Waals surface area contributed by atoms with E-state index in [4.69, 9.17) is 24.7 Å². The minimum absolute atomic E-state index is 0.234. The lowest BCUT2D eigenvalue weighted by molar-refractivity contribution is -0.137. The van der Waals surface area contributed by atoms with Gasteiger partial charge in [-0.1, -0.05) is 0 Å². The highest BCUT2D eigenvalue weighted by molar-refractivity contribution is 5.68. The molecule has 1 saturated heterocycles. The number of nitrogens with two attached hydrogens (primary N) is 1. The largest absolute Gasteiger partial charge is 0.481 e. The summed E-state index contributed by atoms with van der Waals surface area (Å²) in [6, 6.07) is 0.678. The second-order valence-corrected chi connectivity index (χ2v) is 10.2. The summed E-state index contributed by atoms with van der Waals surface area (Å²) in [4.78, 5) is 19.8. The zero-order chi connectivity index (χ0) is 24.2. The van der Waals surface area contributed by atoms with Crippen molar-refractivity contribution in [3.63, 3.8) is 0 Å². The third-order valence-corrected chi connectivity index (χ3v) is 6.99. The number of carbonyl (C=O) groups is 1. The molecule has 11 nitrogen and oxygen atoms in total. The van der Waals surface area contributed by atoms with Gasteiger partial charge in [0.25, 0.3) is 0 Å². The number of nitrogens with one attached hydrogen (secondary N) is 2. The normalized spacial score (nSPS) is 26.5. The van der Waals surface area contributed by atoms with Crippen LogP contribution in [0.1, 0.15) is 59.1 Å². The molecule has 1 aliphatic carbocycles. The molecule has 4 heterocycles. The number of nitrogens with zero attached hydrogens (tertiary/aromatic N) is 3. The molecule has 3 aliphatic heterocycles. The molecule has 1 aromatic heterocycles. The molecule has 2 fully saturated rings. The first-order valence-corrected chi connectivity index (χ1v) is 11.9. The number of carboxylic acid groups (broad SMARTS) is 1. The van der Waals surface area contributed by atoms with Crippen molar-refractivity contribution in [3.05, 3.63) is 17.3 Å². The Morgan fingerprint density at radius 2 is 2.09 bits per heavy atom. The van der Waals surface area contributed by atoms with Gasteiger partial charge in [0.1, 0.15) is 5.82 Å². The van der Waals surface area contributed by atoms with Crippen molar-refractivity contribution >= 4 is 18.2 Å². The van der Waals surface area contributed by atoms with Gasteiger partial charge in [-0.15, -0.1) is 0 Å². The summed E-state index contributed by atoms with van der Waals surface area (Å²) in [5.41, 5.74) is 6.89. The number of rotatable bonds is 8. The molecule has 5 N–H and O–H groups in total. The van der Waals surface area contributed by atoms with Gasteiger partial charge >= 0.3 is 5.97 Å². The number of hydrogen-bond donors (Lipinski definition) is 4. The SMILES string of the molecule is CC(C)N(Cc1oc(N2CNC3=C(N)NC=N[C@@H]32)c2c1OC(C)(C)O2)C1CC(CCC(=O)O)C1. The Morgan fingerprint density at radius 3 is 2.79 bits per heavy atom. The molecule has 5 rings (SSSR count). The Hall–Kier alpha value is -3.08. The van der Waals surface area contributed by atoms with Gasteiger partial charge in [-0.05, 0) is 39.0 Å². The zero-order valence-corrected chi connectivity index (χ0v) is 20.1. The van der Waals surface area contributed by atoms with Crippen LogP contribution >= 0.6 is 0 Å². The van der Waals surface area contributed by atoms with Gasteiger partial charge < -0.3 is 35.4 Å². The predicted octanol–water partition coefficient (Wildman–Crippen LogP) is 2.09. The molecule has 34 heavy (non-hydrogen) atoms. The van der Waals surface area contributed by atoms with Crippen molar-refractivity contribution in [2.75, 3.05) is 11.6 Å². The maximum Gasteiger partial charge on any atom is 0.303 e. The molecular formula is C23H34N6O5. The summed E-state index contributed by atoms with van der Waals surface area (Å²) in [5.74, 6) is 2.00. The number of ether oxygens (including phenoxy) is 2. The van der Waals surface area contributed by atoms with E-state index in [1.54, 1.807) is 6.34 Å². The molecule has 0 radical (unpaired) electrons. The molecule has 1 aromatic rings. The van der Waals surface area contributed by atoms with Crippen molar-refractivity contribution in [2.24, 2.45) is 16.6 Å². The first kappa shape index (κ1) is 22.7. The minimum Gasteiger partial charge on any atom is -0.481 e. The van der Waals surface area contributed by atoms with Gasteiger partial charge in [0, 0.05) is 32.4 Å². The van der Waals surface area contributed by atoms with Gasteiger partial charge in [-0.2, -0.15) is 0 Å². The van der Waals surface area contributed by atoms with Gasteiger partial charge in [-0.25, -0.2) is 4.99 Å². The summed E-state index contributed by atoms with van der Waals surface area (Å²) < 4.78 is 18.8. The highest BCUT2D eigenvalue weighted by Gasteiger charge is 2.45. The molecule has 4 aliphatic rings. The van der Waals surface area contributed by atoms with E-state index in [1.165, 1.54) is 0 Å². The molecule has 186 valence electrons. The van der Waals surface area contributed by atoms with E-state index in [-0.39, 0.29) is 12.6 Å². The standard InChI is InChI=1S/C23H34N6O5/c1-12(2)28(14-7-13(8-14)5-6-16(30)31)9-15-18-19(34-23(3,4)33-18)22(32-15)29-11-27-17-20(24)25-10-26-21(17)29/h10,12-14,21,27H,5-9,11,24H2,1-4H3,(H,25,26)(H,30,31)/t13?,14?,21-/m1/s1. The van der Waals surface area contributed by atoms with Crippen molar-refractivity contribution in [3.8, 4) is 11.5 Å². The van der Waals surface area contributed by atoms with Crippen LogP contribution in [-0.4, -0.2) is 53.0 Å². The summed E-state index contributed by atoms with van der Waals surface area (Å²) >= 11 is 0. The Balaban J connectivity index is 1.38. The second kappa shape index (κ2) is 8.30. The molecule has 11 heteroatoms. The van der Waals surface area contributed by atoms with Crippen molar-refractivity contribution in [1.82, 2.24) is 15.5 Å². The van der Waals surface area contributed by atoms with E-state index >= 15 is 0 Å². The highest BCUT2D eigenvalue weighted by atomic mass is 16.7. The lowest BCUT2D eigenvalue weighted by atomic mass is 9.76. The number of hydrogen-bond acceptors (Lipinski definition) is 10. The summed E-state index contributed by atoms with van der Waals surface area (Å²) in [7, 11) is 0. The van der Waals surface area contributed by atoms with Gasteiger partial charge in [-0.3, -0.25) is 14.6 Å². The Bertz CT molecular complexity index is 1030. The van der Waals surface area contributed by atoms with Crippen LogP contribution in [0, 0.1) is 5.92 Å². The molecule has 0 aromatic carbocycles. The zero-order valence-electron chi connectivity index (χ0n) is 20.1. The third-order valence-electron chi connectivity index (χ3n) is 6.99. The smallest absolute Gasteiger partial charge is 0.303 e. The third kappa shape index (κ3) is 4.02. The van der Waals surface area contributed by atoms with E-state index in [9.17, 15) is 4.79 Å². The monoisotopic (exact) mass is 474 g/mol. The fraction of sp³-hybridized carbons (Fsp3) is 0.652. The maximum atomic E-state index is 10.9. The predicted molar refractivity (Wildman–Crippen MR) is 125 cm³/mol. The average Bonchev–Trinajstić information content (AvgIpc) is 3.37. The Labute approximate surface area is 198 Å². The first-order valence-electron chi connectivity index (χ1n) is 11.9. The number of aliphatic imine (C=N–C) groups is 1. The molecule has 0 spiro atoms. The van der Waals surface area contributed by atoms with E-state index in [2.05, 4.69) is 34.4 Å². The van der Waals surface area contributed by atoms with E-state index in [0.717, 1.165) is 30.7 Å². The Kier molecular flexibility index (Phi) is 5.54. The quantitative estimate of drug-likeness (QED) is 0.443. The fourth-order valence-electron chi connectivity index (χ4n) is 5.20. The molecular weight excluding hydrogens is 440 g/mol. The molecule has 0 bridgehead atoms. The Morgan fingerprint density at radius 1 is 1.35 bits per heavy atom. The second-order valence-electron chi connectivity index (χ2n) is 10.2. The van der Waals surface area contributed by atoms with Crippen molar-refractivity contribution in [1.29, 1.82) is 0 Å².